The molecule has 2 heterocycles. The Balaban J connectivity index is 0.00000768. The largest absolute Gasteiger partial charge is 0.480 e. The number of fused-ring (bicyclic) bond motifs is 1. The van der Waals surface area contributed by atoms with E-state index in [2.05, 4.69) is 16.0 Å². The molecule has 1 saturated heterocycles. The van der Waals surface area contributed by atoms with Gasteiger partial charge in [0, 0.05) is 59.6 Å². The van der Waals surface area contributed by atoms with Crippen LogP contribution in [-0.2, 0) is 25.5 Å². The molecule has 1 aromatic carbocycles. The van der Waals surface area contributed by atoms with Gasteiger partial charge in [0.15, 0.2) is 0 Å². The number of hydrogen-bond donors (Lipinski definition) is 4. The second kappa shape index (κ2) is 17.9. The van der Waals surface area contributed by atoms with E-state index in [0.717, 1.165) is 25.7 Å². The Morgan fingerprint density at radius 2 is 1.55 bits per heavy atom. The Morgan fingerprint density at radius 1 is 0.957 bits per heavy atom. The fourth-order valence-electron chi connectivity index (χ4n) is 6.17. The molecular weight excluding hydrogens is 613 g/mol. The van der Waals surface area contributed by atoms with Gasteiger partial charge in [-0.3, -0.25) is 14.2 Å². The molecule has 0 bridgehead atoms. The molecule has 1 radical (unpaired) electrons. The summed E-state index contributed by atoms with van der Waals surface area (Å²) in [5.74, 6) is -2.40. The van der Waals surface area contributed by atoms with Gasteiger partial charge >= 0.3 is 18.1 Å². The van der Waals surface area contributed by atoms with Gasteiger partial charge in [-0.2, -0.15) is 0 Å². The molecule has 5 atom stereocenters. The van der Waals surface area contributed by atoms with Gasteiger partial charge in [0.05, 0.1) is 12.6 Å². The normalized spacial score (nSPS) is 18.3. The molecule has 1 fully saturated rings. The zero-order valence-electron chi connectivity index (χ0n) is 29.2. The van der Waals surface area contributed by atoms with Crippen molar-refractivity contribution in [1.29, 1.82) is 0 Å². The van der Waals surface area contributed by atoms with Crippen molar-refractivity contribution >= 4 is 70.4 Å². The van der Waals surface area contributed by atoms with Crippen LogP contribution in [0.2, 0.25) is 0 Å². The van der Waals surface area contributed by atoms with E-state index in [1.165, 1.54) is 11.7 Å². The van der Waals surface area contributed by atoms with Crippen molar-refractivity contribution in [1.82, 2.24) is 25.4 Å². The number of aliphatic carboxylic acids is 1. The number of unbranched alkanes of at least 4 members (excludes halogenated alkanes) is 1. The number of carboxylic acid groups (broad SMARTS) is 1. The van der Waals surface area contributed by atoms with Crippen LogP contribution >= 0.6 is 0 Å². The fourth-order valence-corrected chi connectivity index (χ4v) is 6.17. The third kappa shape index (κ3) is 11.0. The van der Waals surface area contributed by atoms with E-state index < -0.39 is 42.0 Å². The van der Waals surface area contributed by atoms with Gasteiger partial charge in [0.25, 0.3) is 0 Å². The molecule has 47 heavy (non-hydrogen) atoms. The van der Waals surface area contributed by atoms with Crippen LogP contribution in [0.1, 0.15) is 92.1 Å². The minimum Gasteiger partial charge on any atom is -0.480 e. The van der Waals surface area contributed by atoms with E-state index in [-0.39, 0.29) is 65.9 Å². The summed E-state index contributed by atoms with van der Waals surface area (Å²) in [4.78, 5) is 67.6. The molecule has 13 heteroatoms. The smallest absolute Gasteiger partial charge is 0.418 e. The fraction of sp³-hybridized carbons (Fsp3) is 0.618. The van der Waals surface area contributed by atoms with Crippen LogP contribution in [0.15, 0.2) is 30.5 Å². The van der Waals surface area contributed by atoms with Gasteiger partial charge in [0.2, 0.25) is 11.8 Å². The number of carboxylic acids is 1. The molecular formula is C34H51N5NaO7. The van der Waals surface area contributed by atoms with Gasteiger partial charge in [-0.15, -0.1) is 0 Å². The number of nitrogens with one attached hydrogen (secondary N) is 3. The Kier molecular flexibility index (Phi) is 15.3. The van der Waals surface area contributed by atoms with Crippen molar-refractivity contribution in [2.45, 2.75) is 123 Å². The standard InChI is InChI=1S/C34H51N5O7.Na/c1-8-9-16-25(31(42)43)35-29(40)26(18-23-20-38(33(45)46-7)28-17-11-10-15-24(23)28)36-30(41)27(19-34(4,5)6)37-32(44)39-21(2)13-12-14-22(39)3;/h10-11,15,17,20-22,25-27H,8-9,12-14,16,18-19H2,1-7H3,(H,35,40)(H,36,41)(H,37,44)(H,42,43);/t21-,22+,25-,26-,27+;/m1./s1. The summed E-state index contributed by atoms with van der Waals surface area (Å²) >= 11 is 0. The average molecular weight is 665 g/mol. The number of amides is 4. The second-order valence-electron chi connectivity index (χ2n) is 13.6. The maximum absolute atomic E-state index is 14.0. The van der Waals surface area contributed by atoms with E-state index >= 15 is 0 Å². The number of ether oxygens (including phenoxy) is 1. The number of carbonyl (C=O) groups is 5. The quantitative estimate of drug-likeness (QED) is 0.244. The Bertz CT molecular complexity index is 1390. The predicted octanol–water partition coefficient (Wildman–Crippen LogP) is 4.44. The molecule has 1 aromatic heterocycles. The molecule has 255 valence electrons. The zero-order chi connectivity index (χ0) is 34.2. The number of nitrogens with zero attached hydrogens (tertiary/aromatic N) is 2. The number of benzene rings is 1. The summed E-state index contributed by atoms with van der Waals surface area (Å²) in [6.07, 6.45) is 5.53. The van der Waals surface area contributed by atoms with Crippen molar-refractivity contribution in [3.63, 3.8) is 0 Å². The molecule has 1 aliphatic rings. The summed E-state index contributed by atoms with van der Waals surface area (Å²) in [6, 6.07) is 3.49. The second-order valence-corrected chi connectivity index (χ2v) is 13.6. The number of likely N-dealkylation sites (tertiary alicyclic amines) is 1. The zero-order valence-corrected chi connectivity index (χ0v) is 31.2. The van der Waals surface area contributed by atoms with Crippen LogP contribution in [0.25, 0.3) is 10.9 Å². The summed E-state index contributed by atoms with van der Waals surface area (Å²) in [6.45, 7) is 11.8. The number of aromatic nitrogens is 1. The molecule has 4 N–H and O–H groups in total. The van der Waals surface area contributed by atoms with E-state index in [0.29, 0.717) is 29.3 Å². The molecule has 1 aliphatic heterocycles. The van der Waals surface area contributed by atoms with Crippen LogP contribution in [0.3, 0.4) is 0 Å². The van der Waals surface area contributed by atoms with E-state index in [4.69, 9.17) is 4.74 Å². The van der Waals surface area contributed by atoms with Crippen molar-refractivity contribution in [2.75, 3.05) is 7.11 Å². The number of rotatable bonds is 12. The minimum atomic E-state index is -1.21. The number of hydrogen-bond acceptors (Lipinski definition) is 6. The molecule has 12 nitrogen and oxygen atoms in total. The van der Waals surface area contributed by atoms with Crippen molar-refractivity contribution in [3.05, 3.63) is 36.0 Å². The first-order valence-corrected chi connectivity index (χ1v) is 16.3. The monoisotopic (exact) mass is 664 g/mol. The molecule has 0 unspecified atom stereocenters. The Morgan fingerprint density at radius 3 is 2.13 bits per heavy atom. The van der Waals surface area contributed by atoms with Crippen LogP contribution in [-0.4, -0.2) is 111 Å². The summed E-state index contributed by atoms with van der Waals surface area (Å²) < 4.78 is 6.26. The molecule has 2 aromatic rings. The molecule has 3 rings (SSSR count). The summed E-state index contributed by atoms with van der Waals surface area (Å²) in [5.41, 5.74) is 0.785. The van der Waals surface area contributed by atoms with E-state index in [1.807, 2.05) is 41.5 Å². The average Bonchev–Trinajstić information content (AvgIpc) is 3.35. The van der Waals surface area contributed by atoms with Crippen molar-refractivity contribution in [3.8, 4) is 0 Å². The molecule has 0 aliphatic carbocycles. The van der Waals surface area contributed by atoms with Gasteiger partial charge in [-0.1, -0.05) is 58.7 Å². The van der Waals surface area contributed by atoms with Crippen molar-refractivity contribution < 1.29 is 33.8 Å². The van der Waals surface area contributed by atoms with Gasteiger partial charge in [0.1, 0.15) is 18.1 Å². The van der Waals surface area contributed by atoms with Gasteiger partial charge in [-0.05, 0) is 63.0 Å². The maximum Gasteiger partial charge on any atom is 0.418 e. The molecule has 0 spiro atoms. The number of methoxy groups -OCH3 is 1. The Hall–Kier alpha value is -3.09. The summed E-state index contributed by atoms with van der Waals surface area (Å²) in [5, 5.41) is 18.9. The van der Waals surface area contributed by atoms with Crippen LogP contribution in [0, 0.1) is 5.41 Å². The third-order valence-corrected chi connectivity index (χ3v) is 8.54. The van der Waals surface area contributed by atoms with Crippen molar-refractivity contribution in [2.24, 2.45) is 5.41 Å². The number of urea groups is 1. The molecule has 0 saturated carbocycles. The first-order valence-electron chi connectivity index (χ1n) is 16.3. The topological polar surface area (TPSA) is 159 Å². The predicted molar refractivity (Wildman–Crippen MR) is 181 cm³/mol. The van der Waals surface area contributed by atoms with E-state index in [1.54, 1.807) is 35.4 Å². The first-order chi connectivity index (χ1) is 21.7. The Labute approximate surface area is 300 Å². The third-order valence-electron chi connectivity index (χ3n) is 8.54. The van der Waals surface area contributed by atoms with Crippen LogP contribution < -0.4 is 16.0 Å². The minimum absolute atomic E-state index is 0. The number of carbonyl (C=O) groups excluding carboxylic acids is 4. The van der Waals surface area contributed by atoms with Gasteiger partial charge < -0.3 is 30.7 Å². The number of para-hydroxylation sites is 1. The molecule has 4 amide bonds. The summed E-state index contributed by atoms with van der Waals surface area (Å²) in [7, 11) is 1.27. The maximum atomic E-state index is 14.0. The van der Waals surface area contributed by atoms with Gasteiger partial charge in [-0.25, -0.2) is 14.4 Å². The van der Waals surface area contributed by atoms with E-state index in [9.17, 15) is 29.1 Å². The SMILES string of the molecule is CCCC[C@@H](NC(=O)[C@@H](Cc1cn(C(=O)OC)c2ccccc12)NC(=O)[C@H](CC(C)(C)C)NC(=O)N1[C@H](C)CCC[C@@H]1C)C(=O)O.[Na]. The first kappa shape index (κ1) is 40.1. The number of piperidine rings is 1. The van der Waals surface area contributed by atoms with Crippen LogP contribution in [0.5, 0.6) is 0 Å². The van der Waals surface area contributed by atoms with Crippen LogP contribution in [0.4, 0.5) is 9.59 Å².